The summed E-state index contributed by atoms with van der Waals surface area (Å²) in [4.78, 5) is 3.95. The van der Waals surface area contributed by atoms with Crippen molar-refractivity contribution < 1.29 is 5.11 Å². The fourth-order valence-electron chi connectivity index (χ4n) is 1.22. The van der Waals surface area contributed by atoms with Crippen LogP contribution < -0.4 is 0 Å². The van der Waals surface area contributed by atoms with Crippen molar-refractivity contribution in [3.63, 3.8) is 0 Å². The maximum Gasteiger partial charge on any atom is 0.152 e. The molecule has 0 aliphatic rings. The minimum absolute atomic E-state index is 0.0160. The van der Waals surface area contributed by atoms with Gasteiger partial charge < -0.3 is 14.2 Å². The lowest BCUT2D eigenvalue weighted by molar-refractivity contribution is 0.271. The fraction of sp³-hybridized carbons (Fsp3) is 0.375. The summed E-state index contributed by atoms with van der Waals surface area (Å²) in [5.41, 5.74) is 0.771. The number of hydrogen-bond acceptors (Lipinski definition) is 4. The first-order valence-electron chi connectivity index (χ1n) is 4.24. The highest BCUT2D eigenvalue weighted by Crippen LogP contribution is 2.02. The molecule has 6 heteroatoms. The molecule has 0 aromatic carbocycles. The van der Waals surface area contributed by atoms with Gasteiger partial charge in [-0.3, -0.25) is 0 Å². The number of aliphatic hydroxyl groups excluding tert-OH is 1. The van der Waals surface area contributed by atoms with Crippen LogP contribution in [0.4, 0.5) is 0 Å². The predicted octanol–water partition coefficient (Wildman–Crippen LogP) is -0.448. The van der Waals surface area contributed by atoms with Crippen molar-refractivity contribution in [3.8, 4) is 0 Å². The molecule has 2 rings (SSSR count). The van der Waals surface area contributed by atoms with Gasteiger partial charge in [0.25, 0.3) is 0 Å². The number of rotatable bonds is 3. The zero-order valence-electron chi connectivity index (χ0n) is 7.83. The van der Waals surface area contributed by atoms with Crippen molar-refractivity contribution in [2.24, 2.45) is 7.05 Å². The first-order valence-corrected chi connectivity index (χ1v) is 4.24. The molecule has 0 aliphatic heterocycles. The van der Waals surface area contributed by atoms with Gasteiger partial charge in [0.05, 0.1) is 31.4 Å². The molecule has 2 heterocycles. The van der Waals surface area contributed by atoms with Gasteiger partial charge in [-0.15, -0.1) is 10.2 Å². The molecule has 2 aromatic heterocycles. The predicted molar refractivity (Wildman–Crippen MR) is 48.3 cm³/mol. The zero-order chi connectivity index (χ0) is 9.97. The van der Waals surface area contributed by atoms with Crippen molar-refractivity contribution in [2.45, 2.75) is 13.2 Å². The Morgan fingerprint density at radius 3 is 2.93 bits per heavy atom. The number of imidazole rings is 1. The molecule has 2 aromatic rings. The lowest BCUT2D eigenvalue weighted by Crippen LogP contribution is -2.07. The minimum atomic E-state index is -0.0160. The summed E-state index contributed by atoms with van der Waals surface area (Å²) in [6.45, 7) is 0.560. The van der Waals surface area contributed by atoms with Crippen LogP contribution in [0, 0.1) is 0 Å². The highest BCUT2D eigenvalue weighted by Gasteiger charge is 2.05. The molecular weight excluding hydrogens is 182 g/mol. The molecule has 0 spiro atoms. The molecule has 0 saturated carbocycles. The minimum Gasteiger partial charge on any atom is -0.390 e. The zero-order valence-corrected chi connectivity index (χ0v) is 7.83. The monoisotopic (exact) mass is 193 g/mol. The molecule has 0 fully saturated rings. The van der Waals surface area contributed by atoms with Crippen molar-refractivity contribution in [1.82, 2.24) is 24.3 Å². The van der Waals surface area contributed by atoms with E-state index in [4.69, 9.17) is 5.11 Å². The van der Waals surface area contributed by atoms with Gasteiger partial charge in [-0.2, -0.15) is 0 Å². The second-order valence-electron chi connectivity index (χ2n) is 3.03. The number of aryl methyl sites for hydroxylation is 1. The van der Waals surface area contributed by atoms with Crippen LogP contribution in [-0.4, -0.2) is 29.4 Å². The van der Waals surface area contributed by atoms with Gasteiger partial charge in [-0.1, -0.05) is 0 Å². The average molecular weight is 193 g/mol. The van der Waals surface area contributed by atoms with Crippen molar-refractivity contribution in [1.29, 1.82) is 0 Å². The van der Waals surface area contributed by atoms with E-state index in [9.17, 15) is 0 Å². The molecule has 1 N–H and O–H groups in total. The second-order valence-corrected chi connectivity index (χ2v) is 3.03. The molecule has 0 saturated heterocycles. The number of aromatic nitrogens is 5. The van der Waals surface area contributed by atoms with Gasteiger partial charge in [-0.25, -0.2) is 4.98 Å². The van der Waals surface area contributed by atoms with E-state index in [-0.39, 0.29) is 6.61 Å². The summed E-state index contributed by atoms with van der Waals surface area (Å²) in [5.74, 6) is 0.831. The number of nitrogens with zero attached hydrogens (tertiary/aromatic N) is 5. The normalized spacial score (nSPS) is 10.7. The first-order chi connectivity index (χ1) is 6.81. The van der Waals surface area contributed by atoms with Crippen LogP contribution in [0.5, 0.6) is 0 Å². The van der Waals surface area contributed by atoms with Crippen LogP contribution in [0.25, 0.3) is 0 Å². The van der Waals surface area contributed by atoms with Crippen LogP contribution in [-0.2, 0) is 20.2 Å². The first kappa shape index (κ1) is 8.89. The van der Waals surface area contributed by atoms with E-state index in [1.54, 1.807) is 18.9 Å². The molecule has 74 valence electrons. The van der Waals surface area contributed by atoms with Crippen molar-refractivity contribution >= 4 is 0 Å². The SMILES string of the molecule is Cn1cnnc1Cn1cncc1CO. The van der Waals surface area contributed by atoms with Gasteiger partial charge in [0.2, 0.25) is 0 Å². The highest BCUT2D eigenvalue weighted by molar-refractivity contribution is 4.99. The summed E-state index contributed by atoms with van der Waals surface area (Å²) in [6, 6.07) is 0. The van der Waals surface area contributed by atoms with Crippen molar-refractivity contribution in [2.75, 3.05) is 0 Å². The Bertz CT molecular complexity index is 419. The summed E-state index contributed by atoms with van der Waals surface area (Å²) < 4.78 is 3.67. The van der Waals surface area contributed by atoms with Crippen molar-refractivity contribution in [3.05, 3.63) is 30.4 Å². The van der Waals surface area contributed by atoms with Gasteiger partial charge in [-0.05, 0) is 0 Å². The number of aliphatic hydroxyl groups is 1. The number of hydrogen-bond donors (Lipinski definition) is 1. The lowest BCUT2D eigenvalue weighted by atomic mass is 10.4. The maximum absolute atomic E-state index is 9.00. The van der Waals surface area contributed by atoms with Crippen LogP contribution in [0.1, 0.15) is 11.5 Å². The van der Waals surface area contributed by atoms with Crippen LogP contribution >= 0.6 is 0 Å². The Balaban J connectivity index is 2.22. The lowest BCUT2D eigenvalue weighted by Gasteiger charge is -2.04. The summed E-state index contributed by atoms with van der Waals surface area (Å²) >= 11 is 0. The quantitative estimate of drug-likeness (QED) is 0.717. The standard InChI is InChI=1S/C8H11N5O/c1-12-6-10-11-8(12)3-13-5-9-2-7(13)4-14/h2,5-6,14H,3-4H2,1H3. The fourth-order valence-corrected chi connectivity index (χ4v) is 1.22. The summed E-state index contributed by atoms with van der Waals surface area (Å²) in [7, 11) is 1.88. The largest absolute Gasteiger partial charge is 0.390 e. The van der Waals surface area contributed by atoms with Gasteiger partial charge in [0.15, 0.2) is 5.82 Å². The third kappa shape index (κ3) is 1.51. The average Bonchev–Trinajstić information content (AvgIpc) is 2.77. The molecule has 0 bridgehead atoms. The molecule has 14 heavy (non-hydrogen) atoms. The van der Waals surface area contributed by atoms with Gasteiger partial charge >= 0.3 is 0 Å². The van der Waals surface area contributed by atoms with Crippen LogP contribution in [0.3, 0.4) is 0 Å². The molecule has 6 nitrogen and oxygen atoms in total. The third-order valence-corrected chi connectivity index (χ3v) is 2.08. The van der Waals surface area contributed by atoms with E-state index in [1.165, 1.54) is 0 Å². The summed E-state index contributed by atoms with van der Waals surface area (Å²) in [6.07, 6.45) is 4.95. The molecular formula is C8H11N5O. The van der Waals surface area contributed by atoms with E-state index in [0.717, 1.165) is 11.5 Å². The van der Waals surface area contributed by atoms with E-state index in [0.29, 0.717) is 6.54 Å². The Kier molecular flexibility index (Phi) is 2.28. The topological polar surface area (TPSA) is 68.8 Å². The molecule has 0 unspecified atom stereocenters. The smallest absolute Gasteiger partial charge is 0.152 e. The molecule has 0 radical (unpaired) electrons. The van der Waals surface area contributed by atoms with Crippen LogP contribution in [0.15, 0.2) is 18.9 Å². The molecule has 0 atom stereocenters. The Hall–Kier alpha value is -1.69. The Labute approximate surface area is 80.8 Å². The highest BCUT2D eigenvalue weighted by atomic mass is 16.3. The van der Waals surface area contributed by atoms with E-state index in [2.05, 4.69) is 15.2 Å². The van der Waals surface area contributed by atoms with E-state index < -0.39 is 0 Å². The Morgan fingerprint density at radius 1 is 1.43 bits per heavy atom. The summed E-state index contributed by atoms with van der Waals surface area (Å²) in [5, 5.41) is 16.7. The van der Waals surface area contributed by atoms with Gasteiger partial charge in [0.1, 0.15) is 6.33 Å². The van der Waals surface area contributed by atoms with E-state index >= 15 is 0 Å². The van der Waals surface area contributed by atoms with E-state index in [1.807, 2.05) is 16.2 Å². The third-order valence-electron chi connectivity index (χ3n) is 2.08. The van der Waals surface area contributed by atoms with Crippen LogP contribution in [0.2, 0.25) is 0 Å². The second kappa shape index (κ2) is 3.59. The molecule has 0 aliphatic carbocycles. The van der Waals surface area contributed by atoms with Gasteiger partial charge in [0, 0.05) is 7.05 Å². The Morgan fingerprint density at radius 2 is 2.29 bits per heavy atom. The molecule has 0 amide bonds. The maximum atomic E-state index is 9.00.